The minimum Gasteiger partial charge on any atom is -0.369 e. The van der Waals surface area contributed by atoms with Crippen LogP contribution < -0.4 is 10.2 Å². The summed E-state index contributed by atoms with van der Waals surface area (Å²) in [5.74, 6) is -0.164. The summed E-state index contributed by atoms with van der Waals surface area (Å²) in [6.07, 6.45) is 3.63. The zero-order valence-corrected chi connectivity index (χ0v) is 13.5. The van der Waals surface area contributed by atoms with Crippen molar-refractivity contribution in [1.29, 1.82) is 0 Å². The van der Waals surface area contributed by atoms with Crippen molar-refractivity contribution in [1.82, 2.24) is 5.32 Å². The normalized spacial score (nSPS) is 12.8. The van der Waals surface area contributed by atoms with Gasteiger partial charge in [0.25, 0.3) is 0 Å². The van der Waals surface area contributed by atoms with Crippen LogP contribution in [0.1, 0.15) is 58.6 Å². The van der Waals surface area contributed by atoms with Crippen LogP contribution in [0.15, 0.2) is 18.2 Å². The van der Waals surface area contributed by atoms with E-state index in [9.17, 15) is 4.39 Å². The van der Waals surface area contributed by atoms with Gasteiger partial charge < -0.3 is 10.2 Å². The van der Waals surface area contributed by atoms with Crippen LogP contribution in [0.25, 0.3) is 0 Å². The lowest BCUT2D eigenvalue weighted by Crippen LogP contribution is -2.33. The number of halogens is 1. The molecule has 1 aromatic carbocycles. The Morgan fingerprint density at radius 3 is 2.45 bits per heavy atom. The molecule has 0 fully saturated rings. The molecule has 0 saturated carbocycles. The molecule has 0 aromatic heterocycles. The average Bonchev–Trinajstić information content (AvgIpc) is 2.43. The summed E-state index contributed by atoms with van der Waals surface area (Å²) in [5, 5.41) is 3.22. The van der Waals surface area contributed by atoms with E-state index in [1.807, 2.05) is 13.1 Å². The molecule has 1 N–H and O–H groups in total. The number of rotatable bonds is 8. The second kappa shape index (κ2) is 8.25. The largest absolute Gasteiger partial charge is 0.369 e. The van der Waals surface area contributed by atoms with E-state index in [0.717, 1.165) is 17.8 Å². The number of benzene rings is 1. The second-order valence-corrected chi connectivity index (χ2v) is 5.71. The highest BCUT2D eigenvalue weighted by atomic mass is 19.1. The summed E-state index contributed by atoms with van der Waals surface area (Å²) in [7, 11) is 1.91. The van der Waals surface area contributed by atoms with Gasteiger partial charge in [0, 0.05) is 24.3 Å². The van der Waals surface area contributed by atoms with Gasteiger partial charge in [-0.15, -0.1) is 0 Å². The summed E-state index contributed by atoms with van der Waals surface area (Å²) in [5.41, 5.74) is 2.19. The van der Waals surface area contributed by atoms with Crippen molar-refractivity contribution in [3.8, 4) is 0 Å². The van der Waals surface area contributed by atoms with E-state index < -0.39 is 0 Å². The molecule has 1 aromatic rings. The minimum absolute atomic E-state index is 0.146. The fourth-order valence-corrected chi connectivity index (χ4v) is 2.48. The summed E-state index contributed by atoms with van der Waals surface area (Å²) in [6.45, 7) is 9.71. The Hall–Kier alpha value is -1.09. The van der Waals surface area contributed by atoms with E-state index in [-0.39, 0.29) is 11.9 Å². The number of nitrogens with zero attached hydrogens (tertiary/aromatic N) is 1. The molecule has 0 bridgehead atoms. The van der Waals surface area contributed by atoms with Crippen LogP contribution in [0.4, 0.5) is 10.1 Å². The zero-order valence-electron chi connectivity index (χ0n) is 13.5. The minimum atomic E-state index is -0.164. The van der Waals surface area contributed by atoms with E-state index in [1.54, 1.807) is 12.1 Å². The standard InChI is InChI=1S/C17H29FN2/c1-6-7-8-11-20(13(2)3)17-10-9-15(18)12-16(17)14(4)19-5/h9-10,12-14,19H,6-8,11H2,1-5H3. The zero-order chi connectivity index (χ0) is 15.1. The quantitative estimate of drug-likeness (QED) is 0.705. The van der Waals surface area contributed by atoms with Gasteiger partial charge in [0.1, 0.15) is 5.82 Å². The molecule has 2 nitrogen and oxygen atoms in total. The Labute approximate surface area is 123 Å². The van der Waals surface area contributed by atoms with Crippen LogP contribution in [-0.2, 0) is 0 Å². The van der Waals surface area contributed by atoms with Crippen molar-refractivity contribution in [2.45, 2.75) is 59.0 Å². The lowest BCUT2D eigenvalue weighted by molar-refractivity contribution is 0.592. The predicted octanol–water partition coefficient (Wildman–Crippen LogP) is 4.51. The molecule has 0 amide bonds. The molecule has 114 valence electrons. The molecule has 0 radical (unpaired) electrons. The maximum atomic E-state index is 13.6. The Bertz CT molecular complexity index is 404. The number of hydrogen-bond acceptors (Lipinski definition) is 2. The molecule has 0 aliphatic rings. The number of hydrogen-bond donors (Lipinski definition) is 1. The molecule has 0 saturated heterocycles. The monoisotopic (exact) mass is 280 g/mol. The highest BCUT2D eigenvalue weighted by molar-refractivity contribution is 5.55. The van der Waals surface area contributed by atoms with Crippen molar-refractivity contribution in [3.63, 3.8) is 0 Å². The topological polar surface area (TPSA) is 15.3 Å². The molecular weight excluding hydrogens is 251 g/mol. The average molecular weight is 280 g/mol. The van der Waals surface area contributed by atoms with Crippen LogP contribution in [0.2, 0.25) is 0 Å². The smallest absolute Gasteiger partial charge is 0.123 e. The Morgan fingerprint density at radius 2 is 1.90 bits per heavy atom. The maximum Gasteiger partial charge on any atom is 0.123 e. The molecule has 3 heteroatoms. The molecule has 0 heterocycles. The lowest BCUT2D eigenvalue weighted by atomic mass is 10.0. The van der Waals surface area contributed by atoms with E-state index in [0.29, 0.717) is 6.04 Å². The molecule has 20 heavy (non-hydrogen) atoms. The van der Waals surface area contributed by atoms with Gasteiger partial charge in [-0.1, -0.05) is 19.8 Å². The molecule has 0 aliphatic carbocycles. The van der Waals surface area contributed by atoms with Crippen LogP contribution in [0.3, 0.4) is 0 Å². The molecule has 0 aliphatic heterocycles. The SMILES string of the molecule is CCCCCN(c1ccc(F)cc1C(C)NC)C(C)C. The van der Waals surface area contributed by atoms with E-state index in [1.165, 1.54) is 19.3 Å². The number of unbranched alkanes of at least 4 members (excludes halogenated alkanes) is 2. The first kappa shape index (κ1) is 17.0. The van der Waals surface area contributed by atoms with E-state index in [2.05, 4.69) is 37.9 Å². The van der Waals surface area contributed by atoms with Gasteiger partial charge in [-0.3, -0.25) is 0 Å². The highest BCUT2D eigenvalue weighted by Gasteiger charge is 2.17. The molecule has 0 spiro atoms. The van der Waals surface area contributed by atoms with Crippen LogP contribution >= 0.6 is 0 Å². The summed E-state index contributed by atoms with van der Waals surface area (Å²) >= 11 is 0. The van der Waals surface area contributed by atoms with Crippen LogP contribution in [0.5, 0.6) is 0 Å². The summed E-state index contributed by atoms with van der Waals surface area (Å²) in [6, 6.07) is 5.71. The Morgan fingerprint density at radius 1 is 1.20 bits per heavy atom. The lowest BCUT2D eigenvalue weighted by Gasteiger charge is -2.32. The van der Waals surface area contributed by atoms with Crippen molar-refractivity contribution in [2.24, 2.45) is 0 Å². The Balaban J connectivity index is 3.05. The molecule has 1 rings (SSSR count). The van der Waals surface area contributed by atoms with E-state index >= 15 is 0 Å². The predicted molar refractivity (Wildman–Crippen MR) is 85.9 cm³/mol. The summed E-state index contributed by atoms with van der Waals surface area (Å²) in [4.78, 5) is 2.39. The molecule has 1 unspecified atom stereocenters. The van der Waals surface area contributed by atoms with Gasteiger partial charge in [0.05, 0.1) is 0 Å². The van der Waals surface area contributed by atoms with Gasteiger partial charge in [0.2, 0.25) is 0 Å². The first-order valence-corrected chi connectivity index (χ1v) is 7.74. The third kappa shape index (κ3) is 4.48. The van der Waals surface area contributed by atoms with Gasteiger partial charge in [-0.25, -0.2) is 4.39 Å². The number of nitrogens with one attached hydrogen (secondary N) is 1. The van der Waals surface area contributed by atoms with Gasteiger partial charge in [-0.2, -0.15) is 0 Å². The second-order valence-electron chi connectivity index (χ2n) is 5.71. The maximum absolute atomic E-state index is 13.6. The third-order valence-corrected chi connectivity index (χ3v) is 3.82. The van der Waals surface area contributed by atoms with E-state index in [4.69, 9.17) is 0 Å². The van der Waals surface area contributed by atoms with Gasteiger partial charge in [-0.05, 0) is 58.0 Å². The van der Waals surface area contributed by atoms with Crippen molar-refractivity contribution in [3.05, 3.63) is 29.6 Å². The molecular formula is C17H29FN2. The number of anilines is 1. The fraction of sp³-hybridized carbons (Fsp3) is 0.647. The Kier molecular flexibility index (Phi) is 7.00. The highest BCUT2D eigenvalue weighted by Crippen LogP contribution is 2.29. The first-order valence-electron chi connectivity index (χ1n) is 7.74. The van der Waals surface area contributed by atoms with Crippen LogP contribution in [0, 0.1) is 5.82 Å². The molecule has 1 atom stereocenters. The van der Waals surface area contributed by atoms with Crippen LogP contribution in [-0.4, -0.2) is 19.6 Å². The van der Waals surface area contributed by atoms with Crippen molar-refractivity contribution in [2.75, 3.05) is 18.5 Å². The third-order valence-electron chi connectivity index (χ3n) is 3.82. The van der Waals surface area contributed by atoms with Crippen molar-refractivity contribution < 1.29 is 4.39 Å². The fourth-order valence-electron chi connectivity index (χ4n) is 2.48. The summed E-state index contributed by atoms with van der Waals surface area (Å²) < 4.78 is 13.6. The van der Waals surface area contributed by atoms with Crippen molar-refractivity contribution >= 4 is 5.69 Å². The van der Waals surface area contributed by atoms with Gasteiger partial charge >= 0.3 is 0 Å². The first-order chi connectivity index (χ1) is 9.51. The van der Waals surface area contributed by atoms with Gasteiger partial charge in [0.15, 0.2) is 0 Å².